The number of benzene rings is 5. The normalized spacial score (nSPS) is 11.5. The second-order valence-electron chi connectivity index (χ2n) is 7.53. The van der Waals surface area contributed by atoms with E-state index in [1.165, 1.54) is 16.3 Å². The first-order valence-corrected chi connectivity index (χ1v) is 10.3. The summed E-state index contributed by atoms with van der Waals surface area (Å²) < 4.78 is 6.33. The molecule has 1 heterocycles. The Balaban J connectivity index is 1.69. The van der Waals surface area contributed by atoms with E-state index in [-0.39, 0.29) is 0 Å². The molecule has 1 aromatic heterocycles. The molecular weight excluding hydrogens is 388 g/mol. The van der Waals surface area contributed by atoms with Gasteiger partial charge < -0.3 is 4.42 Å². The summed E-state index contributed by atoms with van der Waals surface area (Å²) in [6.45, 7) is 0. The van der Waals surface area contributed by atoms with Gasteiger partial charge in [-0.3, -0.25) is 0 Å². The summed E-state index contributed by atoms with van der Waals surface area (Å²) in [5.41, 5.74) is 6.42. The third-order valence-corrected chi connectivity index (χ3v) is 5.99. The van der Waals surface area contributed by atoms with Crippen LogP contribution in [0.4, 0.5) is 0 Å². The maximum absolute atomic E-state index is 6.33. The van der Waals surface area contributed by atoms with Crippen LogP contribution in [0.25, 0.3) is 55.0 Å². The number of hydrogen-bond donors (Lipinski definition) is 0. The average molecular weight is 405 g/mol. The van der Waals surface area contributed by atoms with E-state index in [2.05, 4.69) is 78.9 Å². The van der Waals surface area contributed by atoms with Crippen LogP contribution in [0, 0.1) is 0 Å². The SMILES string of the molecule is Clc1ccc(-c2cc(-c3cccc4c3oc3ccccc34)c3ccccc3c2)cc1. The maximum atomic E-state index is 6.33. The molecule has 0 radical (unpaired) electrons. The van der Waals surface area contributed by atoms with Crippen molar-refractivity contribution in [1.29, 1.82) is 0 Å². The second kappa shape index (κ2) is 6.76. The third kappa shape index (κ3) is 2.71. The van der Waals surface area contributed by atoms with Crippen LogP contribution >= 0.6 is 11.6 Å². The molecule has 0 saturated heterocycles. The molecule has 30 heavy (non-hydrogen) atoms. The Kier molecular flexibility index (Phi) is 3.90. The molecule has 0 aliphatic carbocycles. The molecule has 142 valence electrons. The van der Waals surface area contributed by atoms with Crippen molar-refractivity contribution in [3.8, 4) is 22.3 Å². The predicted molar refractivity (Wildman–Crippen MR) is 127 cm³/mol. The third-order valence-electron chi connectivity index (χ3n) is 5.73. The van der Waals surface area contributed by atoms with Gasteiger partial charge in [0.15, 0.2) is 0 Å². The Morgan fingerprint density at radius 1 is 0.533 bits per heavy atom. The highest BCUT2D eigenvalue weighted by atomic mass is 35.5. The van der Waals surface area contributed by atoms with Crippen molar-refractivity contribution in [2.24, 2.45) is 0 Å². The lowest BCUT2D eigenvalue weighted by Gasteiger charge is -2.12. The molecule has 0 amide bonds. The zero-order valence-corrected chi connectivity index (χ0v) is 16.9. The fraction of sp³-hybridized carbons (Fsp3) is 0. The first-order chi connectivity index (χ1) is 14.8. The zero-order valence-electron chi connectivity index (χ0n) is 16.1. The minimum Gasteiger partial charge on any atom is -0.455 e. The number of para-hydroxylation sites is 2. The van der Waals surface area contributed by atoms with Crippen LogP contribution in [-0.4, -0.2) is 0 Å². The quantitative estimate of drug-likeness (QED) is 0.281. The average Bonchev–Trinajstić information content (AvgIpc) is 3.18. The minimum absolute atomic E-state index is 0.742. The minimum atomic E-state index is 0.742. The van der Waals surface area contributed by atoms with Crippen LogP contribution < -0.4 is 0 Å². The van der Waals surface area contributed by atoms with Crippen molar-refractivity contribution in [3.63, 3.8) is 0 Å². The molecule has 1 nitrogen and oxygen atoms in total. The molecule has 0 fully saturated rings. The summed E-state index contributed by atoms with van der Waals surface area (Å²) in [7, 11) is 0. The molecule has 0 aliphatic heterocycles. The van der Waals surface area contributed by atoms with Gasteiger partial charge in [0.2, 0.25) is 0 Å². The molecule has 0 atom stereocenters. The lowest BCUT2D eigenvalue weighted by atomic mass is 9.92. The molecule has 5 aromatic carbocycles. The standard InChI is InChI=1S/C28H17ClO/c29-21-14-12-18(13-15-21)20-16-19-6-1-2-7-22(19)26(17-20)25-10-5-9-24-23-8-3-4-11-27(23)30-28(24)25/h1-17H. The van der Waals surface area contributed by atoms with Gasteiger partial charge in [-0.25, -0.2) is 0 Å². The van der Waals surface area contributed by atoms with Crippen molar-refractivity contribution < 1.29 is 4.42 Å². The van der Waals surface area contributed by atoms with Gasteiger partial charge in [-0.15, -0.1) is 0 Å². The number of fused-ring (bicyclic) bond motifs is 4. The van der Waals surface area contributed by atoms with Crippen molar-refractivity contribution in [1.82, 2.24) is 0 Å². The number of hydrogen-bond acceptors (Lipinski definition) is 1. The van der Waals surface area contributed by atoms with E-state index >= 15 is 0 Å². The lowest BCUT2D eigenvalue weighted by molar-refractivity contribution is 0.670. The Labute approximate surface area is 179 Å². The van der Waals surface area contributed by atoms with E-state index in [1.54, 1.807) is 0 Å². The topological polar surface area (TPSA) is 13.1 Å². The Bertz CT molecular complexity index is 1540. The van der Waals surface area contributed by atoms with E-state index in [9.17, 15) is 0 Å². The van der Waals surface area contributed by atoms with Crippen molar-refractivity contribution >= 4 is 44.3 Å². The van der Waals surface area contributed by atoms with Crippen LogP contribution in [0.15, 0.2) is 108 Å². The van der Waals surface area contributed by atoms with Crippen LogP contribution in [0.3, 0.4) is 0 Å². The van der Waals surface area contributed by atoms with Crippen molar-refractivity contribution in [2.45, 2.75) is 0 Å². The number of rotatable bonds is 2. The number of furan rings is 1. The maximum Gasteiger partial charge on any atom is 0.143 e. The molecule has 2 heteroatoms. The molecule has 6 aromatic rings. The van der Waals surface area contributed by atoms with Gasteiger partial charge >= 0.3 is 0 Å². The van der Waals surface area contributed by atoms with Gasteiger partial charge in [0.1, 0.15) is 11.2 Å². The van der Waals surface area contributed by atoms with Crippen LogP contribution in [-0.2, 0) is 0 Å². The number of halogens is 1. The smallest absolute Gasteiger partial charge is 0.143 e. The highest BCUT2D eigenvalue weighted by Gasteiger charge is 2.15. The van der Waals surface area contributed by atoms with Gasteiger partial charge in [-0.1, -0.05) is 84.4 Å². The molecule has 0 N–H and O–H groups in total. The fourth-order valence-electron chi connectivity index (χ4n) is 4.30. The summed E-state index contributed by atoms with van der Waals surface area (Å²) >= 11 is 6.11. The fourth-order valence-corrected chi connectivity index (χ4v) is 4.43. The molecule has 0 unspecified atom stereocenters. The van der Waals surface area contributed by atoms with E-state index < -0.39 is 0 Å². The summed E-state index contributed by atoms with van der Waals surface area (Å²) in [4.78, 5) is 0. The van der Waals surface area contributed by atoms with E-state index in [4.69, 9.17) is 16.0 Å². The monoisotopic (exact) mass is 404 g/mol. The van der Waals surface area contributed by atoms with Gasteiger partial charge in [-0.05, 0) is 57.8 Å². The highest BCUT2D eigenvalue weighted by Crippen LogP contribution is 2.40. The summed E-state index contributed by atoms with van der Waals surface area (Å²) in [6, 6.07) is 35.6. The second-order valence-corrected chi connectivity index (χ2v) is 7.97. The summed E-state index contributed by atoms with van der Waals surface area (Å²) in [6.07, 6.45) is 0. The van der Waals surface area contributed by atoms with Crippen LogP contribution in [0.5, 0.6) is 0 Å². The molecular formula is C28H17ClO. The van der Waals surface area contributed by atoms with Gasteiger partial charge in [0.05, 0.1) is 0 Å². The van der Waals surface area contributed by atoms with E-state index in [1.807, 2.05) is 24.3 Å². The van der Waals surface area contributed by atoms with Crippen LogP contribution in [0.1, 0.15) is 0 Å². The van der Waals surface area contributed by atoms with Gasteiger partial charge in [0.25, 0.3) is 0 Å². The Hall–Kier alpha value is -3.55. The largest absolute Gasteiger partial charge is 0.455 e. The molecule has 0 spiro atoms. The molecule has 0 saturated carbocycles. The highest BCUT2D eigenvalue weighted by molar-refractivity contribution is 6.30. The van der Waals surface area contributed by atoms with E-state index in [0.717, 1.165) is 43.7 Å². The molecule has 6 rings (SSSR count). The summed E-state index contributed by atoms with van der Waals surface area (Å²) in [5.74, 6) is 0. The lowest BCUT2D eigenvalue weighted by Crippen LogP contribution is -1.86. The Morgan fingerprint density at radius 3 is 2.13 bits per heavy atom. The molecule has 0 bridgehead atoms. The van der Waals surface area contributed by atoms with Gasteiger partial charge in [0, 0.05) is 21.4 Å². The van der Waals surface area contributed by atoms with Crippen molar-refractivity contribution in [2.75, 3.05) is 0 Å². The van der Waals surface area contributed by atoms with Crippen LogP contribution in [0.2, 0.25) is 5.02 Å². The Morgan fingerprint density at radius 2 is 1.27 bits per heavy atom. The first-order valence-electron chi connectivity index (χ1n) is 9.97. The van der Waals surface area contributed by atoms with Crippen molar-refractivity contribution in [3.05, 3.63) is 108 Å². The first kappa shape index (κ1) is 17.3. The predicted octanol–water partition coefficient (Wildman–Crippen LogP) is 8.73. The zero-order chi connectivity index (χ0) is 20.1. The van der Waals surface area contributed by atoms with E-state index in [0.29, 0.717) is 0 Å². The summed E-state index contributed by atoms with van der Waals surface area (Å²) in [5, 5.41) is 5.44. The van der Waals surface area contributed by atoms with Gasteiger partial charge in [-0.2, -0.15) is 0 Å². The molecule has 0 aliphatic rings.